The first-order valence-corrected chi connectivity index (χ1v) is 8.60. The largest absolute Gasteiger partial charge is 0.347 e. The molecule has 0 aliphatic rings. The summed E-state index contributed by atoms with van der Waals surface area (Å²) in [5, 5.41) is 0. The lowest BCUT2D eigenvalue weighted by atomic mass is 9.86. The van der Waals surface area contributed by atoms with Crippen LogP contribution in [-0.4, -0.2) is 21.0 Å². The fourth-order valence-electron chi connectivity index (χ4n) is 2.49. The summed E-state index contributed by atoms with van der Waals surface area (Å²) >= 11 is 2.33. The molecular weight excluding hydrogens is 394 g/mol. The number of nitrogens with zero attached hydrogens (tertiary/aromatic N) is 1. The molecule has 0 aliphatic heterocycles. The van der Waals surface area contributed by atoms with Gasteiger partial charge in [-0.2, -0.15) is 0 Å². The predicted octanol–water partition coefficient (Wildman–Crippen LogP) is 2.10. The van der Waals surface area contributed by atoms with Crippen molar-refractivity contribution in [3.05, 3.63) is 32.6 Å². The Morgan fingerprint density at radius 1 is 1.32 bits per heavy atom. The van der Waals surface area contributed by atoms with E-state index in [9.17, 15) is 9.59 Å². The van der Waals surface area contributed by atoms with E-state index in [-0.39, 0.29) is 14.6 Å². The van der Waals surface area contributed by atoms with Gasteiger partial charge in [0.15, 0.2) is 7.85 Å². The van der Waals surface area contributed by atoms with E-state index in [1.54, 1.807) is 13.1 Å². The second-order valence-electron chi connectivity index (χ2n) is 7.46. The summed E-state index contributed by atoms with van der Waals surface area (Å²) < 4.78 is 7.41. The standard InChI is InChI=1S/C15H26BIN2O3/c1-7-15(17,9-13(3,4)5)22-14(6,16)19-8-10(2)11(20)18-12(19)21/h8H,7,9,16H2,1-6H3,(H,18,20,21). The second kappa shape index (κ2) is 6.51. The average molecular weight is 420 g/mol. The van der Waals surface area contributed by atoms with Crippen LogP contribution in [0.5, 0.6) is 0 Å². The molecule has 1 aromatic heterocycles. The van der Waals surface area contributed by atoms with Crippen LogP contribution in [0.1, 0.15) is 53.0 Å². The van der Waals surface area contributed by atoms with Crippen LogP contribution in [0, 0.1) is 12.3 Å². The van der Waals surface area contributed by atoms with Crippen LogP contribution < -0.4 is 11.2 Å². The topological polar surface area (TPSA) is 64.1 Å². The SMILES string of the molecule is BC(C)(OC(I)(CC)CC(C)(C)C)n1cc(C)c(=O)[nH]c1=O. The molecule has 0 saturated heterocycles. The van der Waals surface area contributed by atoms with Gasteiger partial charge in [0.25, 0.3) is 5.56 Å². The van der Waals surface area contributed by atoms with Crippen molar-refractivity contribution in [1.29, 1.82) is 0 Å². The molecule has 0 radical (unpaired) electrons. The normalized spacial score (nSPS) is 17.8. The Morgan fingerprint density at radius 3 is 2.32 bits per heavy atom. The summed E-state index contributed by atoms with van der Waals surface area (Å²) in [5.74, 6) is 0. The number of rotatable bonds is 5. The Bertz CT molecular complexity index is 645. The Labute approximate surface area is 146 Å². The summed E-state index contributed by atoms with van der Waals surface area (Å²) in [7, 11) is 1.85. The molecule has 0 aromatic carbocycles. The minimum absolute atomic E-state index is 0.110. The lowest BCUT2D eigenvalue weighted by Crippen LogP contribution is -2.49. The van der Waals surface area contributed by atoms with Crippen LogP contribution in [0.2, 0.25) is 0 Å². The van der Waals surface area contributed by atoms with E-state index in [0.29, 0.717) is 5.56 Å². The van der Waals surface area contributed by atoms with Crippen molar-refractivity contribution in [3.8, 4) is 0 Å². The number of H-pyrrole nitrogens is 1. The molecule has 2 atom stereocenters. The van der Waals surface area contributed by atoms with Gasteiger partial charge in [0.05, 0.1) is 0 Å². The van der Waals surface area contributed by atoms with Gasteiger partial charge in [-0.15, -0.1) is 0 Å². The zero-order valence-electron chi connectivity index (χ0n) is 14.5. The first kappa shape index (κ1) is 19.5. The Morgan fingerprint density at radius 2 is 1.86 bits per heavy atom. The molecule has 1 heterocycles. The van der Waals surface area contributed by atoms with Gasteiger partial charge in [0.1, 0.15) is 9.23 Å². The van der Waals surface area contributed by atoms with Gasteiger partial charge >= 0.3 is 5.69 Å². The third kappa shape index (κ3) is 4.98. The van der Waals surface area contributed by atoms with Crippen molar-refractivity contribution in [2.75, 3.05) is 0 Å². The Balaban J connectivity index is 3.21. The summed E-state index contributed by atoms with van der Waals surface area (Å²) in [4.78, 5) is 26.0. The molecule has 0 aliphatic carbocycles. The first-order valence-electron chi connectivity index (χ1n) is 7.52. The van der Waals surface area contributed by atoms with Crippen molar-refractivity contribution in [2.45, 2.75) is 63.6 Å². The number of ether oxygens (including phenoxy) is 1. The number of aromatic nitrogens is 2. The molecule has 0 bridgehead atoms. The van der Waals surface area contributed by atoms with Gasteiger partial charge in [-0.1, -0.05) is 27.7 Å². The molecule has 7 heteroatoms. The van der Waals surface area contributed by atoms with Crippen LogP contribution in [-0.2, 0) is 10.4 Å². The molecule has 5 nitrogen and oxygen atoms in total. The van der Waals surface area contributed by atoms with E-state index in [0.717, 1.165) is 12.8 Å². The van der Waals surface area contributed by atoms with E-state index in [2.05, 4.69) is 55.3 Å². The summed E-state index contributed by atoms with van der Waals surface area (Å²) in [6.07, 6.45) is 3.24. The fraction of sp³-hybridized carbons (Fsp3) is 0.733. The number of alkyl halides is 1. The molecular formula is C15H26BIN2O3. The van der Waals surface area contributed by atoms with Gasteiger partial charge in [-0.25, -0.2) is 4.79 Å². The van der Waals surface area contributed by atoms with Crippen LogP contribution in [0.25, 0.3) is 0 Å². The molecule has 1 aromatic rings. The van der Waals surface area contributed by atoms with Gasteiger partial charge in [-0.3, -0.25) is 14.3 Å². The maximum atomic E-state index is 12.1. The highest BCUT2D eigenvalue weighted by atomic mass is 127. The highest BCUT2D eigenvalue weighted by Gasteiger charge is 2.38. The van der Waals surface area contributed by atoms with Crippen molar-refractivity contribution in [1.82, 2.24) is 9.55 Å². The van der Waals surface area contributed by atoms with Crippen molar-refractivity contribution in [2.24, 2.45) is 5.41 Å². The molecule has 124 valence electrons. The number of hydrogen-bond acceptors (Lipinski definition) is 3. The molecule has 0 saturated carbocycles. The summed E-state index contributed by atoms with van der Waals surface area (Å²) in [6.45, 7) is 12.1. The number of aromatic amines is 1. The lowest BCUT2D eigenvalue weighted by molar-refractivity contribution is -0.103. The van der Waals surface area contributed by atoms with Crippen molar-refractivity contribution >= 4 is 30.4 Å². The highest BCUT2D eigenvalue weighted by Crippen LogP contribution is 2.40. The van der Waals surface area contributed by atoms with E-state index < -0.39 is 11.3 Å². The van der Waals surface area contributed by atoms with E-state index in [4.69, 9.17) is 4.74 Å². The summed E-state index contributed by atoms with van der Waals surface area (Å²) in [5.41, 5.74) is -1.06. The van der Waals surface area contributed by atoms with Gasteiger partial charge in [0.2, 0.25) is 0 Å². The number of aryl methyl sites for hydroxylation is 1. The Kier molecular flexibility index (Phi) is 5.76. The average Bonchev–Trinajstić information content (AvgIpc) is 2.30. The predicted molar refractivity (Wildman–Crippen MR) is 100 cm³/mol. The minimum atomic E-state index is -0.853. The monoisotopic (exact) mass is 420 g/mol. The maximum absolute atomic E-state index is 12.1. The van der Waals surface area contributed by atoms with Gasteiger partial charge < -0.3 is 4.74 Å². The van der Waals surface area contributed by atoms with E-state index in [1.165, 1.54) is 4.57 Å². The summed E-state index contributed by atoms with van der Waals surface area (Å²) in [6, 6.07) is 0. The maximum Gasteiger partial charge on any atom is 0.330 e. The zero-order valence-corrected chi connectivity index (χ0v) is 16.7. The van der Waals surface area contributed by atoms with Crippen LogP contribution >= 0.6 is 22.6 Å². The molecule has 0 spiro atoms. The van der Waals surface area contributed by atoms with Crippen LogP contribution in [0.4, 0.5) is 0 Å². The molecule has 22 heavy (non-hydrogen) atoms. The van der Waals surface area contributed by atoms with E-state index in [1.807, 2.05) is 14.8 Å². The number of nitrogens with one attached hydrogen (secondary N) is 1. The first-order chi connectivity index (χ1) is 9.80. The smallest absolute Gasteiger partial charge is 0.330 e. The Hall–Kier alpha value is -0.565. The van der Waals surface area contributed by atoms with Crippen molar-refractivity contribution < 1.29 is 4.74 Å². The molecule has 1 rings (SSSR count). The molecule has 1 N–H and O–H groups in total. The third-order valence-electron chi connectivity index (χ3n) is 3.46. The minimum Gasteiger partial charge on any atom is -0.347 e. The number of halogens is 1. The van der Waals surface area contributed by atoms with Gasteiger partial charge in [0, 0.05) is 11.8 Å². The van der Waals surface area contributed by atoms with Crippen molar-refractivity contribution in [3.63, 3.8) is 0 Å². The molecule has 0 fully saturated rings. The third-order valence-corrected chi connectivity index (χ3v) is 4.82. The molecule has 0 amide bonds. The van der Waals surface area contributed by atoms with Crippen LogP contribution in [0.15, 0.2) is 15.8 Å². The fourth-order valence-corrected chi connectivity index (χ4v) is 4.17. The van der Waals surface area contributed by atoms with E-state index >= 15 is 0 Å². The molecule has 2 unspecified atom stereocenters. The highest BCUT2D eigenvalue weighted by molar-refractivity contribution is 14.1. The second-order valence-corrected chi connectivity index (χ2v) is 9.43. The lowest BCUT2D eigenvalue weighted by Gasteiger charge is -2.41. The quantitative estimate of drug-likeness (QED) is 0.451. The number of hydrogen-bond donors (Lipinski definition) is 1. The van der Waals surface area contributed by atoms with Gasteiger partial charge in [-0.05, 0) is 54.7 Å². The zero-order chi connectivity index (χ0) is 17.3. The van der Waals surface area contributed by atoms with Crippen LogP contribution in [0.3, 0.4) is 0 Å².